The first-order chi connectivity index (χ1) is 21.1. The lowest BCUT2D eigenvalue weighted by atomic mass is 9.98. The van der Waals surface area contributed by atoms with Crippen LogP contribution in [-0.2, 0) is 7.05 Å². The molecule has 43 heavy (non-hydrogen) atoms. The van der Waals surface area contributed by atoms with E-state index in [0.29, 0.717) is 0 Å². The first kappa shape index (κ1) is 25.2. The molecule has 8 rings (SSSR count). The zero-order valence-corrected chi connectivity index (χ0v) is 24.1. The second-order valence-electron chi connectivity index (χ2n) is 11.1. The highest BCUT2D eigenvalue weighted by molar-refractivity contribution is 6.10. The van der Waals surface area contributed by atoms with Crippen LogP contribution in [0.2, 0.25) is 0 Å². The number of furan rings is 1. The Morgan fingerprint density at radius 3 is 1.93 bits per heavy atom. The lowest BCUT2D eigenvalue weighted by Gasteiger charge is -2.10. The molecular formula is C40H29N2O+. The Morgan fingerprint density at radius 1 is 0.558 bits per heavy atom. The molecule has 0 spiro atoms. The number of aryl methyl sites for hydroxylation is 2. The summed E-state index contributed by atoms with van der Waals surface area (Å²) in [5.41, 5.74) is 12.7. The molecule has 0 aliphatic rings. The SMILES string of the molecule is Cc1ccc2c(oc3cc(-c4cc(-c5ccccc5)nc(-c5ccccc5)c4)ccc32)c1-c1ccc2ccccc2[n+]1C. The van der Waals surface area contributed by atoms with Gasteiger partial charge in [0.05, 0.1) is 17.0 Å². The Balaban J connectivity index is 1.32. The number of hydrogen-bond donors (Lipinski definition) is 0. The first-order valence-corrected chi connectivity index (χ1v) is 14.6. The number of nitrogens with zero attached hydrogens (tertiary/aromatic N) is 2. The summed E-state index contributed by atoms with van der Waals surface area (Å²) in [5, 5.41) is 3.46. The lowest BCUT2D eigenvalue weighted by Crippen LogP contribution is -2.32. The molecule has 5 aromatic carbocycles. The van der Waals surface area contributed by atoms with Crippen molar-refractivity contribution in [3.05, 3.63) is 145 Å². The van der Waals surface area contributed by atoms with Crippen LogP contribution in [-0.4, -0.2) is 4.98 Å². The van der Waals surface area contributed by atoms with Crippen molar-refractivity contribution in [2.24, 2.45) is 7.05 Å². The average Bonchev–Trinajstić information content (AvgIpc) is 3.44. The number of rotatable bonds is 4. The molecule has 0 bridgehead atoms. The summed E-state index contributed by atoms with van der Waals surface area (Å²) >= 11 is 0. The molecule has 0 aliphatic heterocycles. The van der Waals surface area contributed by atoms with E-state index in [4.69, 9.17) is 9.40 Å². The van der Waals surface area contributed by atoms with Crippen LogP contribution in [0, 0.1) is 6.92 Å². The van der Waals surface area contributed by atoms with Crippen molar-refractivity contribution in [3.8, 4) is 44.9 Å². The average molecular weight is 554 g/mol. The summed E-state index contributed by atoms with van der Waals surface area (Å²) in [6.07, 6.45) is 0. The summed E-state index contributed by atoms with van der Waals surface area (Å²) in [6, 6.07) is 49.0. The molecule has 0 saturated heterocycles. The highest BCUT2D eigenvalue weighted by atomic mass is 16.3. The van der Waals surface area contributed by atoms with Gasteiger partial charge in [0.15, 0.2) is 0 Å². The Kier molecular flexibility index (Phi) is 5.90. The van der Waals surface area contributed by atoms with Crippen LogP contribution in [0.4, 0.5) is 0 Å². The van der Waals surface area contributed by atoms with E-state index >= 15 is 0 Å². The third kappa shape index (κ3) is 4.29. The zero-order valence-electron chi connectivity index (χ0n) is 24.1. The van der Waals surface area contributed by atoms with Gasteiger partial charge in [-0.2, -0.15) is 4.57 Å². The normalized spacial score (nSPS) is 11.5. The van der Waals surface area contributed by atoms with E-state index in [1.165, 1.54) is 16.5 Å². The molecule has 0 fully saturated rings. The molecule has 0 unspecified atom stereocenters. The summed E-state index contributed by atoms with van der Waals surface area (Å²) < 4.78 is 9.02. The van der Waals surface area contributed by atoms with E-state index in [1.807, 2.05) is 12.1 Å². The maximum atomic E-state index is 6.75. The van der Waals surface area contributed by atoms with Crippen molar-refractivity contribution in [2.75, 3.05) is 0 Å². The van der Waals surface area contributed by atoms with Crippen LogP contribution in [0.3, 0.4) is 0 Å². The Bertz CT molecular complexity index is 2240. The van der Waals surface area contributed by atoms with Crippen molar-refractivity contribution in [2.45, 2.75) is 6.92 Å². The number of benzene rings is 5. The van der Waals surface area contributed by atoms with Gasteiger partial charge in [0.1, 0.15) is 18.2 Å². The summed E-state index contributed by atoms with van der Waals surface area (Å²) in [7, 11) is 2.13. The van der Waals surface area contributed by atoms with Crippen LogP contribution in [0.25, 0.3) is 77.7 Å². The molecule has 0 radical (unpaired) electrons. The molecule has 204 valence electrons. The summed E-state index contributed by atoms with van der Waals surface area (Å²) in [6.45, 7) is 2.16. The van der Waals surface area contributed by atoms with Gasteiger partial charge >= 0.3 is 0 Å². The quantitative estimate of drug-likeness (QED) is 0.203. The van der Waals surface area contributed by atoms with Gasteiger partial charge in [-0.25, -0.2) is 4.98 Å². The van der Waals surface area contributed by atoms with Crippen LogP contribution >= 0.6 is 0 Å². The van der Waals surface area contributed by atoms with Gasteiger partial charge in [-0.3, -0.25) is 0 Å². The highest BCUT2D eigenvalue weighted by Crippen LogP contribution is 2.39. The largest absolute Gasteiger partial charge is 0.455 e. The smallest absolute Gasteiger partial charge is 0.216 e. The minimum atomic E-state index is 0.877. The lowest BCUT2D eigenvalue weighted by molar-refractivity contribution is -0.633. The van der Waals surface area contributed by atoms with Gasteiger partial charge in [0.25, 0.3) is 0 Å². The van der Waals surface area contributed by atoms with Crippen LogP contribution in [0.1, 0.15) is 5.56 Å². The Hall–Kier alpha value is -5.54. The molecule has 0 N–H and O–H groups in total. The molecule has 0 atom stereocenters. The maximum absolute atomic E-state index is 6.75. The number of pyridine rings is 2. The van der Waals surface area contributed by atoms with Crippen LogP contribution < -0.4 is 4.57 Å². The predicted octanol–water partition coefficient (Wildman–Crippen LogP) is 9.94. The third-order valence-corrected chi connectivity index (χ3v) is 8.48. The van der Waals surface area contributed by atoms with Crippen molar-refractivity contribution in [3.63, 3.8) is 0 Å². The molecular weight excluding hydrogens is 524 g/mol. The van der Waals surface area contributed by atoms with Crippen LogP contribution in [0.5, 0.6) is 0 Å². The topological polar surface area (TPSA) is 29.9 Å². The fraction of sp³-hybridized carbons (Fsp3) is 0.0500. The number of fused-ring (bicyclic) bond motifs is 4. The predicted molar refractivity (Wildman–Crippen MR) is 177 cm³/mol. The fourth-order valence-corrected chi connectivity index (χ4v) is 6.24. The van der Waals surface area contributed by atoms with Gasteiger partial charge in [-0.1, -0.05) is 91.0 Å². The van der Waals surface area contributed by atoms with E-state index < -0.39 is 0 Å². The first-order valence-electron chi connectivity index (χ1n) is 14.6. The van der Waals surface area contributed by atoms with Gasteiger partial charge in [-0.05, 0) is 60.0 Å². The van der Waals surface area contributed by atoms with E-state index in [-0.39, 0.29) is 0 Å². The molecule has 0 saturated carbocycles. The van der Waals surface area contributed by atoms with Crippen LogP contribution in [0.15, 0.2) is 144 Å². The van der Waals surface area contributed by atoms with Gasteiger partial charge in [0.2, 0.25) is 11.2 Å². The van der Waals surface area contributed by atoms with E-state index in [1.54, 1.807) is 0 Å². The third-order valence-electron chi connectivity index (χ3n) is 8.48. The molecule has 3 heteroatoms. The van der Waals surface area contributed by atoms with Crippen molar-refractivity contribution in [1.29, 1.82) is 0 Å². The Morgan fingerprint density at radius 2 is 1.21 bits per heavy atom. The summed E-state index contributed by atoms with van der Waals surface area (Å²) in [4.78, 5) is 5.06. The number of aromatic nitrogens is 2. The number of para-hydroxylation sites is 1. The second kappa shape index (κ2) is 10.1. The molecule has 0 aliphatic carbocycles. The zero-order chi connectivity index (χ0) is 28.9. The fourth-order valence-electron chi connectivity index (χ4n) is 6.24. The summed E-state index contributed by atoms with van der Waals surface area (Å²) in [5.74, 6) is 0. The molecule has 3 nitrogen and oxygen atoms in total. The van der Waals surface area contributed by atoms with Crippen molar-refractivity contribution in [1.82, 2.24) is 4.98 Å². The number of hydrogen-bond acceptors (Lipinski definition) is 2. The van der Waals surface area contributed by atoms with Gasteiger partial charge in [-0.15, -0.1) is 0 Å². The molecule has 8 aromatic rings. The minimum Gasteiger partial charge on any atom is -0.455 e. The van der Waals surface area contributed by atoms with Gasteiger partial charge in [0, 0.05) is 39.4 Å². The van der Waals surface area contributed by atoms with E-state index in [0.717, 1.165) is 66.8 Å². The monoisotopic (exact) mass is 553 g/mol. The van der Waals surface area contributed by atoms with Crippen molar-refractivity contribution < 1.29 is 8.98 Å². The van der Waals surface area contributed by atoms with Gasteiger partial charge < -0.3 is 4.42 Å². The maximum Gasteiger partial charge on any atom is 0.216 e. The molecule has 0 amide bonds. The highest BCUT2D eigenvalue weighted by Gasteiger charge is 2.22. The standard InChI is InChI=1S/C40H29N2O/c1-26-17-20-33-32-21-18-30(25-38(32)43-40(33)39(26)37-22-19-29-15-9-10-16-36(29)42(37)2)31-23-34(27-11-5-3-6-12-27)41-35(24-31)28-13-7-4-8-14-28/h3-25H,1-2H3/q+1. The van der Waals surface area contributed by atoms with Crippen molar-refractivity contribution >= 4 is 32.8 Å². The minimum absolute atomic E-state index is 0.877. The van der Waals surface area contributed by atoms with E-state index in [9.17, 15) is 0 Å². The molecule has 3 aromatic heterocycles. The second-order valence-corrected chi connectivity index (χ2v) is 11.1. The molecule has 3 heterocycles. The Labute approximate surface area is 250 Å². The van der Waals surface area contributed by atoms with E-state index in [2.05, 4.69) is 146 Å².